The lowest BCUT2D eigenvalue weighted by molar-refractivity contribution is 0.314. The van der Waals surface area contributed by atoms with Crippen LogP contribution in [0.3, 0.4) is 0 Å². The third kappa shape index (κ3) is 3.87. The summed E-state index contributed by atoms with van der Waals surface area (Å²) in [6, 6.07) is 0. The molecule has 0 unspecified atom stereocenters. The van der Waals surface area contributed by atoms with E-state index in [9.17, 15) is 8.42 Å². The molecule has 0 aromatic heterocycles. The highest BCUT2D eigenvalue weighted by Crippen LogP contribution is 1.74. The van der Waals surface area contributed by atoms with Gasteiger partial charge in [0.25, 0.3) is 10.1 Å². The maximum Gasteiger partial charge on any atom is 0.283 e. The van der Waals surface area contributed by atoms with Gasteiger partial charge in [0, 0.05) is 0 Å². The zero-order valence-corrected chi connectivity index (χ0v) is 3.90. The Hall–Kier alpha value is -0.130. The van der Waals surface area contributed by atoms with Crippen molar-refractivity contribution in [2.75, 3.05) is 6.26 Å². The topological polar surface area (TPSA) is 65.7 Å². The van der Waals surface area contributed by atoms with E-state index >= 15 is 0 Å². The molecule has 0 amide bonds. The lowest BCUT2D eigenvalue weighted by atomic mass is 12.0. The van der Waals surface area contributed by atoms with Gasteiger partial charge in [0.2, 0.25) is 0 Å². The van der Waals surface area contributed by atoms with Crippen molar-refractivity contribution in [2.45, 2.75) is 0 Å². The second kappa shape index (κ2) is 1.55. The first-order valence-corrected chi connectivity index (χ1v) is 2.91. The molecule has 0 aromatic rings. The van der Waals surface area contributed by atoms with E-state index in [0.717, 1.165) is 6.26 Å². The molecular weight excluding hydrogens is 106 g/mol. The van der Waals surface area contributed by atoms with E-state index in [2.05, 4.69) is 4.28 Å². The van der Waals surface area contributed by atoms with Crippen LogP contribution in [0, 0.1) is 0 Å². The molecule has 0 aromatic carbocycles. The van der Waals surface area contributed by atoms with Crippen LogP contribution in [-0.2, 0) is 14.4 Å². The van der Waals surface area contributed by atoms with Crippen LogP contribution in [0.4, 0.5) is 0 Å². The maximum absolute atomic E-state index is 9.53. The van der Waals surface area contributed by atoms with Crippen LogP contribution < -0.4 is 5.90 Å². The predicted octanol–water partition coefficient (Wildman–Crippen LogP) is -1.05. The van der Waals surface area contributed by atoms with Gasteiger partial charge in [0.15, 0.2) is 0 Å². The van der Waals surface area contributed by atoms with Gasteiger partial charge in [-0.05, 0) is 0 Å². The smallest absolute Gasteiger partial charge is 0.198 e. The summed E-state index contributed by atoms with van der Waals surface area (Å²) in [6.45, 7) is 0. The van der Waals surface area contributed by atoms with E-state index in [-0.39, 0.29) is 0 Å². The van der Waals surface area contributed by atoms with E-state index in [1.54, 1.807) is 0 Å². The first-order chi connectivity index (χ1) is 2.56. The molecule has 0 aliphatic rings. The van der Waals surface area contributed by atoms with Gasteiger partial charge >= 0.3 is 0 Å². The van der Waals surface area contributed by atoms with Crippen LogP contribution in [0.15, 0.2) is 0 Å². The summed E-state index contributed by atoms with van der Waals surface area (Å²) in [5.41, 5.74) is 0. The molecule has 0 saturated heterocycles. The molecule has 6 heavy (non-hydrogen) atoms. The van der Waals surface area contributed by atoms with Gasteiger partial charge < -0.3 is 0 Å². The van der Waals surface area contributed by atoms with Crippen LogP contribution in [-0.4, -0.2) is 14.7 Å². The van der Waals surface area contributed by atoms with E-state index in [4.69, 9.17) is 5.90 Å². The molecule has 0 bridgehead atoms. The molecule has 0 heterocycles. The van der Waals surface area contributed by atoms with Crippen molar-refractivity contribution in [1.82, 2.24) is 5.90 Å². The molecule has 0 aliphatic heterocycles. The summed E-state index contributed by atoms with van der Waals surface area (Å²) in [7, 11) is -3.61. The fourth-order valence-electron chi connectivity index (χ4n) is 0. The average Bonchev–Trinajstić information content (AvgIpc) is 1.35. The lowest BCUT2D eigenvalue weighted by Gasteiger charge is -1.79. The quantitative estimate of drug-likeness (QED) is 0.403. The first kappa shape index (κ1) is 5.87. The normalized spacial score (nSPS) is 11.7. The Balaban J connectivity index is 3.85. The predicted molar refractivity (Wildman–Crippen MR) is 18.1 cm³/mol. The number of nitrogens with zero attached hydrogens (tertiary/aromatic N) is 1. The Morgan fingerprint density at radius 2 is 1.83 bits per heavy atom. The van der Waals surface area contributed by atoms with Crippen LogP contribution in [0.5, 0.6) is 0 Å². The zero-order chi connectivity index (χ0) is 5.21. The van der Waals surface area contributed by atoms with E-state index < -0.39 is 10.1 Å². The molecule has 0 N–H and O–H groups in total. The van der Waals surface area contributed by atoms with Crippen LogP contribution >= 0.6 is 0 Å². The highest BCUT2D eigenvalue weighted by Gasteiger charge is 1.94. The largest absolute Gasteiger partial charge is 0.283 e. The molecule has 0 saturated carbocycles. The van der Waals surface area contributed by atoms with Gasteiger partial charge in [-0.3, -0.25) is 0 Å². The number of hydrogen-bond acceptors (Lipinski definition) is 3. The van der Waals surface area contributed by atoms with Gasteiger partial charge in [0.1, 0.15) is 0 Å². The van der Waals surface area contributed by atoms with Crippen LogP contribution in [0.2, 0.25) is 0 Å². The Bertz CT molecular complexity index is 113. The molecule has 36 valence electrons. The summed E-state index contributed by atoms with van der Waals surface area (Å²) in [4.78, 5) is 0. The molecule has 2 radical (unpaired) electrons. The first-order valence-electron chi connectivity index (χ1n) is 1.09. The van der Waals surface area contributed by atoms with Crippen LogP contribution in [0.1, 0.15) is 0 Å². The maximum atomic E-state index is 9.53. The van der Waals surface area contributed by atoms with Crippen molar-refractivity contribution < 1.29 is 12.7 Å². The molecule has 0 fully saturated rings. The standard InChI is InChI=1S/CH3NO3S/c1-6(3,4)5-2/h1H3. The van der Waals surface area contributed by atoms with Gasteiger partial charge in [-0.15, -0.1) is 4.28 Å². The van der Waals surface area contributed by atoms with Crippen molar-refractivity contribution in [3.63, 3.8) is 0 Å². The monoisotopic (exact) mass is 109 g/mol. The molecular formula is CH3NO3S. The summed E-state index contributed by atoms with van der Waals surface area (Å²) >= 11 is 0. The summed E-state index contributed by atoms with van der Waals surface area (Å²) in [5.74, 6) is 7.31. The molecule has 0 rings (SSSR count). The number of hydrogen-bond donors (Lipinski definition) is 0. The van der Waals surface area contributed by atoms with E-state index in [1.807, 2.05) is 0 Å². The molecule has 0 spiro atoms. The van der Waals surface area contributed by atoms with Crippen molar-refractivity contribution in [2.24, 2.45) is 0 Å². The highest BCUT2D eigenvalue weighted by molar-refractivity contribution is 7.85. The third-order valence-corrected chi connectivity index (χ3v) is 0.406. The van der Waals surface area contributed by atoms with Crippen molar-refractivity contribution >= 4 is 10.1 Å². The average molecular weight is 109 g/mol. The Morgan fingerprint density at radius 3 is 1.83 bits per heavy atom. The minimum atomic E-state index is -3.61. The summed E-state index contributed by atoms with van der Waals surface area (Å²) < 4.78 is 22.0. The van der Waals surface area contributed by atoms with Gasteiger partial charge in [-0.1, -0.05) is 0 Å². The van der Waals surface area contributed by atoms with Gasteiger partial charge in [0.05, 0.1) is 12.2 Å². The minimum Gasteiger partial charge on any atom is -0.198 e. The summed E-state index contributed by atoms with van der Waals surface area (Å²) in [6.07, 6.45) is 0.743. The SMILES string of the molecule is CS(=O)(=O)O[N]. The Labute approximate surface area is 36.0 Å². The highest BCUT2D eigenvalue weighted by atomic mass is 32.2. The van der Waals surface area contributed by atoms with E-state index in [0.29, 0.717) is 0 Å². The zero-order valence-electron chi connectivity index (χ0n) is 3.08. The fraction of sp³-hybridized carbons (Fsp3) is 1.00. The molecule has 4 nitrogen and oxygen atoms in total. The second-order valence-corrected chi connectivity index (χ2v) is 2.34. The van der Waals surface area contributed by atoms with Gasteiger partial charge in [-0.2, -0.15) is 8.42 Å². The minimum absolute atomic E-state index is 0.743. The molecule has 0 atom stereocenters. The van der Waals surface area contributed by atoms with Crippen molar-refractivity contribution in [1.29, 1.82) is 0 Å². The van der Waals surface area contributed by atoms with Gasteiger partial charge in [-0.25, -0.2) is 0 Å². The number of rotatable bonds is 1. The Morgan fingerprint density at radius 1 is 1.67 bits per heavy atom. The second-order valence-electron chi connectivity index (χ2n) is 0.779. The molecule has 5 heteroatoms. The summed E-state index contributed by atoms with van der Waals surface area (Å²) in [5, 5.41) is 0. The van der Waals surface area contributed by atoms with Crippen molar-refractivity contribution in [3.05, 3.63) is 0 Å². The third-order valence-electron chi connectivity index (χ3n) is 0.135. The lowest BCUT2D eigenvalue weighted by Crippen LogP contribution is -1.98. The molecule has 0 aliphatic carbocycles. The fourth-order valence-corrected chi connectivity index (χ4v) is 0. The van der Waals surface area contributed by atoms with E-state index in [1.165, 1.54) is 0 Å². The van der Waals surface area contributed by atoms with Crippen LogP contribution in [0.25, 0.3) is 0 Å². The Kier molecular flexibility index (Phi) is 1.51. The van der Waals surface area contributed by atoms with Crippen molar-refractivity contribution in [3.8, 4) is 0 Å².